The Morgan fingerprint density at radius 1 is 0.828 bits per heavy atom. The number of hydrogen-bond donors (Lipinski definition) is 1. The van der Waals surface area contributed by atoms with E-state index in [9.17, 15) is 4.79 Å². The molecule has 1 aliphatic carbocycles. The van der Waals surface area contributed by atoms with E-state index >= 15 is 0 Å². The number of carbonyl (C=O) groups excluding carboxylic acids is 1. The van der Waals surface area contributed by atoms with Crippen LogP contribution < -0.4 is 5.32 Å². The van der Waals surface area contributed by atoms with Gasteiger partial charge >= 0.3 is 0 Å². The first-order chi connectivity index (χ1) is 14.3. The van der Waals surface area contributed by atoms with Crippen LogP contribution in [0.5, 0.6) is 0 Å². The van der Waals surface area contributed by atoms with Crippen LogP contribution >= 0.6 is 0 Å². The molecule has 4 heteroatoms. The molecule has 5 rings (SSSR count). The fourth-order valence-electron chi connectivity index (χ4n) is 3.90. The molecule has 0 bridgehead atoms. The molecule has 4 nitrogen and oxygen atoms in total. The second-order valence-corrected chi connectivity index (χ2v) is 7.32. The molecule has 0 aliphatic heterocycles. The second kappa shape index (κ2) is 7.40. The molecular weight excluding hydrogens is 358 g/mol. The van der Waals surface area contributed by atoms with Crippen LogP contribution in [-0.2, 0) is 12.8 Å². The number of anilines is 1. The maximum absolute atomic E-state index is 13.2. The lowest BCUT2D eigenvalue weighted by atomic mass is 10.1. The third kappa shape index (κ3) is 3.45. The topological polar surface area (TPSA) is 46.9 Å². The van der Waals surface area contributed by atoms with E-state index in [4.69, 9.17) is 5.10 Å². The highest BCUT2D eigenvalue weighted by Crippen LogP contribution is 2.26. The summed E-state index contributed by atoms with van der Waals surface area (Å²) in [6.45, 7) is 0. The van der Waals surface area contributed by atoms with E-state index < -0.39 is 0 Å². The Labute approximate surface area is 169 Å². The first-order valence-electron chi connectivity index (χ1n) is 9.92. The predicted octanol–water partition coefficient (Wildman–Crippen LogP) is 5.28. The van der Waals surface area contributed by atoms with Gasteiger partial charge in [-0.1, -0.05) is 54.6 Å². The highest BCUT2D eigenvalue weighted by Gasteiger charge is 2.19. The van der Waals surface area contributed by atoms with Crippen molar-refractivity contribution in [3.63, 3.8) is 0 Å². The third-order valence-corrected chi connectivity index (χ3v) is 5.37. The Hall–Kier alpha value is -3.66. The molecule has 3 aromatic carbocycles. The van der Waals surface area contributed by atoms with Crippen LogP contribution in [-0.4, -0.2) is 15.7 Å². The van der Waals surface area contributed by atoms with Gasteiger partial charge in [-0.05, 0) is 60.7 Å². The number of aromatic nitrogens is 2. The van der Waals surface area contributed by atoms with Crippen molar-refractivity contribution in [2.75, 3.05) is 5.32 Å². The summed E-state index contributed by atoms with van der Waals surface area (Å²) in [6, 6.07) is 27.7. The molecule has 1 aliphatic rings. The van der Waals surface area contributed by atoms with Gasteiger partial charge in [0.15, 0.2) is 0 Å². The lowest BCUT2D eigenvalue weighted by Gasteiger charge is -2.09. The molecule has 1 aromatic heterocycles. The third-order valence-electron chi connectivity index (χ3n) is 5.37. The predicted molar refractivity (Wildman–Crippen MR) is 115 cm³/mol. The minimum atomic E-state index is -0.165. The van der Waals surface area contributed by atoms with Gasteiger partial charge in [0.05, 0.1) is 11.4 Å². The van der Waals surface area contributed by atoms with E-state index in [1.807, 2.05) is 72.8 Å². The normalized spacial score (nSPS) is 12.6. The number of hydrogen-bond acceptors (Lipinski definition) is 2. The van der Waals surface area contributed by atoms with Crippen LogP contribution in [0.4, 0.5) is 5.69 Å². The van der Waals surface area contributed by atoms with Gasteiger partial charge < -0.3 is 5.32 Å². The van der Waals surface area contributed by atoms with Crippen LogP contribution in [0.15, 0.2) is 84.9 Å². The van der Waals surface area contributed by atoms with Crippen molar-refractivity contribution in [3.05, 3.63) is 102 Å². The zero-order chi connectivity index (χ0) is 19.6. The summed E-state index contributed by atoms with van der Waals surface area (Å²) in [4.78, 5) is 13.2. The molecule has 1 N–H and O–H groups in total. The number of amides is 1. The average molecular weight is 379 g/mol. The quantitative estimate of drug-likeness (QED) is 0.524. The van der Waals surface area contributed by atoms with Crippen molar-refractivity contribution in [2.24, 2.45) is 0 Å². The molecule has 0 spiro atoms. The van der Waals surface area contributed by atoms with Gasteiger partial charge in [-0.2, -0.15) is 5.10 Å². The van der Waals surface area contributed by atoms with E-state index in [1.54, 1.807) is 4.68 Å². The summed E-state index contributed by atoms with van der Waals surface area (Å²) in [5.74, 6) is -0.165. The zero-order valence-corrected chi connectivity index (χ0v) is 16.0. The maximum atomic E-state index is 13.2. The fraction of sp³-hybridized carbons (Fsp3) is 0.120. The highest BCUT2D eigenvalue weighted by atomic mass is 16.2. The zero-order valence-electron chi connectivity index (χ0n) is 16.0. The van der Waals surface area contributed by atoms with E-state index in [1.165, 1.54) is 17.5 Å². The first kappa shape index (κ1) is 17.4. The number of nitrogens with zero attached hydrogens (tertiary/aromatic N) is 2. The lowest BCUT2D eigenvalue weighted by molar-refractivity contribution is 0.101. The number of nitrogens with one attached hydrogen (secondary N) is 1. The van der Waals surface area contributed by atoms with Gasteiger partial charge in [-0.15, -0.1) is 0 Å². The summed E-state index contributed by atoms with van der Waals surface area (Å²) in [7, 11) is 0. The van der Waals surface area contributed by atoms with Crippen molar-refractivity contribution in [1.82, 2.24) is 9.78 Å². The number of carbonyl (C=O) groups is 1. The molecule has 4 aromatic rings. The van der Waals surface area contributed by atoms with E-state index in [2.05, 4.69) is 17.4 Å². The number of fused-ring (bicyclic) bond motifs is 1. The molecule has 0 fully saturated rings. The monoisotopic (exact) mass is 379 g/mol. The fourth-order valence-corrected chi connectivity index (χ4v) is 3.90. The summed E-state index contributed by atoms with van der Waals surface area (Å²) in [6.07, 6.45) is 3.40. The van der Waals surface area contributed by atoms with E-state index in [-0.39, 0.29) is 5.91 Å². The van der Waals surface area contributed by atoms with Gasteiger partial charge in [-0.25, -0.2) is 4.68 Å². The largest absolute Gasteiger partial charge is 0.321 e. The van der Waals surface area contributed by atoms with Gasteiger partial charge in [0.1, 0.15) is 5.69 Å². The Morgan fingerprint density at radius 3 is 2.34 bits per heavy atom. The first-order valence-corrected chi connectivity index (χ1v) is 9.92. The van der Waals surface area contributed by atoms with Crippen molar-refractivity contribution >= 4 is 11.6 Å². The van der Waals surface area contributed by atoms with Crippen LogP contribution in [0.3, 0.4) is 0 Å². The second-order valence-electron chi connectivity index (χ2n) is 7.32. The Kier molecular flexibility index (Phi) is 4.45. The molecular formula is C25H21N3O. The molecule has 0 atom stereocenters. The summed E-state index contributed by atoms with van der Waals surface area (Å²) >= 11 is 0. The van der Waals surface area contributed by atoms with E-state index in [0.29, 0.717) is 5.69 Å². The summed E-state index contributed by atoms with van der Waals surface area (Å²) in [5.41, 5.74) is 6.68. The molecule has 0 saturated carbocycles. The number of rotatable bonds is 4. The van der Waals surface area contributed by atoms with E-state index in [0.717, 1.165) is 35.5 Å². The van der Waals surface area contributed by atoms with Gasteiger partial charge in [0, 0.05) is 11.3 Å². The molecule has 1 amide bonds. The molecule has 0 unspecified atom stereocenters. The van der Waals surface area contributed by atoms with Crippen molar-refractivity contribution in [3.8, 4) is 16.9 Å². The summed E-state index contributed by atoms with van der Waals surface area (Å²) in [5, 5.41) is 7.79. The van der Waals surface area contributed by atoms with Crippen molar-refractivity contribution < 1.29 is 4.79 Å². The van der Waals surface area contributed by atoms with Crippen LogP contribution in [0, 0.1) is 0 Å². The Morgan fingerprint density at radius 2 is 1.55 bits per heavy atom. The Balaban J connectivity index is 1.52. The van der Waals surface area contributed by atoms with Crippen LogP contribution in [0.2, 0.25) is 0 Å². The van der Waals surface area contributed by atoms with Gasteiger partial charge in [0.25, 0.3) is 5.91 Å². The summed E-state index contributed by atoms with van der Waals surface area (Å²) < 4.78 is 1.71. The van der Waals surface area contributed by atoms with Crippen LogP contribution in [0.1, 0.15) is 28.0 Å². The minimum Gasteiger partial charge on any atom is -0.321 e. The SMILES string of the molecule is O=C(Nc1ccc2c(c1)CCC2)c1cc(-c2ccccc2)nn1-c1ccccc1. The minimum absolute atomic E-state index is 0.165. The number of para-hydroxylation sites is 1. The smallest absolute Gasteiger partial charge is 0.274 e. The molecule has 1 heterocycles. The standard InChI is InChI=1S/C25H21N3O/c29-25(26-21-15-14-18-10-7-11-20(18)16-21)24-17-23(19-8-3-1-4-9-19)27-28(24)22-12-5-2-6-13-22/h1-6,8-9,12-17H,7,10-11H2,(H,26,29). The molecule has 142 valence electrons. The maximum Gasteiger partial charge on any atom is 0.274 e. The molecule has 0 radical (unpaired) electrons. The van der Waals surface area contributed by atoms with Gasteiger partial charge in [0.2, 0.25) is 0 Å². The molecule has 0 saturated heterocycles. The number of benzene rings is 3. The highest BCUT2D eigenvalue weighted by molar-refractivity contribution is 6.04. The average Bonchev–Trinajstić information content (AvgIpc) is 3.42. The van der Waals surface area contributed by atoms with Gasteiger partial charge in [-0.3, -0.25) is 4.79 Å². The van der Waals surface area contributed by atoms with Crippen LogP contribution in [0.25, 0.3) is 16.9 Å². The lowest BCUT2D eigenvalue weighted by Crippen LogP contribution is -2.17. The van der Waals surface area contributed by atoms with Crippen molar-refractivity contribution in [2.45, 2.75) is 19.3 Å². The number of aryl methyl sites for hydroxylation is 2. The molecule has 29 heavy (non-hydrogen) atoms. The Bertz CT molecular complexity index is 1160. The van der Waals surface area contributed by atoms with Crippen molar-refractivity contribution in [1.29, 1.82) is 0 Å².